The molecule has 0 aromatic heterocycles. The molecule has 0 saturated carbocycles. The monoisotopic (exact) mass is 217 g/mol. The van der Waals surface area contributed by atoms with Gasteiger partial charge in [0.15, 0.2) is 0 Å². The van der Waals surface area contributed by atoms with Gasteiger partial charge in [0.25, 0.3) is 0 Å². The minimum absolute atomic E-state index is 0.348. The Labute approximate surface area is 95.3 Å². The van der Waals surface area contributed by atoms with Gasteiger partial charge in [0.1, 0.15) is 6.04 Å². The van der Waals surface area contributed by atoms with Crippen molar-refractivity contribution < 1.29 is 4.79 Å². The van der Waals surface area contributed by atoms with Gasteiger partial charge in [0.05, 0.1) is 6.07 Å². The average Bonchev–Trinajstić information content (AvgIpc) is 2.26. The van der Waals surface area contributed by atoms with Gasteiger partial charge in [-0.25, -0.2) is 4.79 Å². The molecule has 4 heteroatoms. The Balaban J connectivity index is 2.55. The molecule has 1 atom stereocenters. The van der Waals surface area contributed by atoms with Gasteiger partial charge in [0, 0.05) is 5.69 Å². The van der Waals surface area contributed by atoms with Crippen molar-refractivity contribution in [3.8, 4) is 6.07 Å². The van der Waals surface area contributed by atoms with Gasteiger partial charge in [-0.1, -0.05) is 19.1 Å². The number of nitriles is 1. The Morgan fingerprint density at radius 1 is 1.56 bits per heavy atom. The molecule has 1 aromatic carbocycles. The average molecular weight is 217 g/mol. The third kappa shape index (κ3) is 3.62. The number of carbonyl (C=O) groups is 1. The molecule has 1 rings (SSSR count). The lowest BCUT2D eigenvalue weighted by molar-refractivity contribution is 0.250. The second kappa shape index (κ2) is 5.76. The van der Waals surface area contributed by atoms with E-state index < -0.39 is 6.04 Å². The van der Waals surface area contributed by atoms with Crippen molar-refractivity contribution in [2.24, 2.45) is 0 Å². The van der Waals surface area contributed by atoms with Crippen LogP contribution in [-0.4, -0.2) is 12.1 Å². The Morgan fingerprint density at radius 3 is 2.88 bits per heavy atom. The zero-order valence-electron chi connectivity index (χ0n) is 9.45. The maximum absolute atomic E-state index is 11.5. The molecule has 0 heterocycles. The van der Waals surface area contributed by atoms with Crippen LogP contribution in [0.15, 0.2) is 24.3 Å². The molecule has 0 aliphatic heterocycles. The van der Waals surface area contributed by atoms with Crippen molar-refractivity contribution in [2.45, 2.75) is 26.3 Å². The maximum Gasteiger partial charge on any atom is 0.320 e. The van der Waals surface area contributed by atoms with E-state index in [2.05, 4.69) is 10.6 Å². The molecule has 2 amide bonds. The number of urea groups is 1. The lowest BCUT2D eigenvalue weighted by atomic mass is 10.2. The second-order valence-corrected chi connectivity index (χ2v) is 3.56. The molecular weight excluding hydrogens is 202 g/mol. The van der Waals surface area contributed by atoms with Gasteiger partial charge in [0.2, 0.25) is 0 Å². The molecule has 16 heavy (non-hydrogen) atoms. The lowest BCUT2D eigenvalue weighted by Crippen LogP contribution is -2.36. The Bertz CT molecular complexity index is 409. The molecular formula is C12H15N3O. The van der Waals surface area contributed by atoms with E-state index in [-0.39, 0.29) is 6.03 Å². The van der Waals surface area contributed by atoms with E-state index in [0.717, 1.165) is 11.3 Å². The summed E-state index contributed by atoms with van der Waals surface area (Å²) in [7, 11) is 0. The van der Waals surface area contributed by atoms with Gasteiger partial charge in [-0.2, -0.15) is 5.26 Å². The van der Waals surface area contributed by atoms with Crippen LogP contribution in [0.4, 0.5) is 10.5 Å². The summed E-state index contributed by atoms with van der Waals surface area (Å²) >= 11 is 0. The van der Waals surface area contributed by atoms with Crippen LogP contribution in [0.1, 0.15) is 18.9 Å². The third-order valence-corrected chi connectivity index (χ3v) is 2.15. The topological polar surface area (TPSA) is 64.9 Å². The number of nitrogens with one attached hydrogen (secondary N) is 2. The molecule has 4 nitrogen and oxygen atoms in total. The number of aryl methyl sites for hydroxylation is 1. The van der Waals surface area contributed by atoms with Crippen LogP contribution in [0, 0.1) is 18.3 Å². The highest BCUT2D eigenvalue weighted by molar-refractivity contribution is 5.89. The summed E-state index contributed by atoms with van der Waals surface area (Å²) in [6, 6.07) is 8.71. The second-order valence-electron chi connectivity index (χ2n) is 3.56. The molecule has 1 unspecified atom stereocenters. The summed E-state index contributed by atoms with van der Waals surface area (Å²) in [5, 5.41) is 13.9. The number of nitrogens with zero attached hydrogens (tertiary/aromatic N) is 1. The number of anilines is 1. The Hall–Kier alpha value is -2.02. The fraction of sp³-hybridized carbons (Fsp3) is 0.333. The summed E-state index contributed by atoms with van der Waals surface area (Å²) in [5.41, 5.74) is 1.80. The van der Waals surface area contributed by atoms with Crippen molar-refractivity contribution in [3.05, 3.63) is 29.8 Å². The number of rotatable bonds is 3. The minimum Gasteiger partial charge on any atom is -0.322 e. The van der Waals surface area contributed by atoms with Crippen LogP contribution >= 0.6 is 0 Å². The minimum atomic E-state index is -0.440. The number of hydrogen-bond donors (Lipinski definition) is 2. The van der Waals surface area contributed by atoms with Gasteiger partial charge in [-0.15, -0.1) is 0 Å². The van der Waals surface area contributed by atoms with Crippen molar-refractivity contribution in [3.63, 3.8) is 0 Å². The maximum atomic E-state index is 11.5. The molecule has 0 bridgehead atoms. The quantitative estimate of drug-likeness (QED) is 0.816. The van der Waals surface area contributed by atoms with Crippen molar-refractivity contribution in [2.75, 3.05) is 5.32 Å². The number of benzene rings is 1. The van der Waals surface area contributed by atoms with E-state index in [1.165, 1.54) is 0 Å². The summed E-state index contributed by atoms with van der Waals surface area (Å²) in [4.78, 5) is 11.5. The molecule has 0 aliphatic carbocycles. The molecule has 0 aliphatic rings. The summed E-state index contributed by atoms with van der Waals surface area (Å²) < 4.78 is 0. The van der Waals surface area contributed by atoms with Crippen LogP contribution in [-0.2, 0) is 0 Å². The molecule has 0 saturated heterocycles. The van der Waals surface area contributed by atoms with Crippen LogP contribution in [0.2, 0.25) is 0 Å². The first kappa shape index (κ1) is 12.1. The van der Waals surface area contributed by atoms with E-state index in [0.29, 0.717) is 6.42 Å². The zero-order chi connectivity index (χ0) is 12.0. The summed E-state index contributed by atoms with van der Waals surface area (Å²) in [5.74, 6) is 0. The molecule has 1 aromatic rings. The number of amides is 2. The van der Waals surface area contributed by atoms with E-state index in [1.807, 2.05) is 38.1 Å². The van der Waals surface area contributed by atoms with Crippen molar-refractivity contribution in [1.29, 1.82) is 5.26 Å². The predicted molar refractivity (Wildman–Crippen MR) is 63.0 cm³/mol. The van der Waals surface area contributed by atoms with E-state index in [1.54, 1.807) is 6.07 Å². The largest absolute Gasteiger partial charge is 0.322 e. The first-order chi connectivity index (χ1) is 7.65. The Morgan fingerprint density at radius 2 is 2.31 bits per heavy atom. The van der Waals surface area contributed by atoms with Crippen LogP contribution in [0.25, 0.3) is 0 Å². The smallest absolute Gasteiger partial charge is 0.320 e. The molecule has 0 radical (unpaired) electrons. The Kier molecular flexibility index (Phi) is 4.34. The summed E-state index contributed by atoms with van der Waals surface area (Å²) in [6.45, 7) is 3.80. The van der Waals surface area contributed by atoms with E-state index in [4.69, 9.17) is 5.26 Å². The molecule has 0 spiro atoms. The van der Waals surface area contributed by atoms with E-state index in [9.17, 15) is 4.79 Å². The van der Waals surface area contributed by atoms with Crippen molar-refractivity contribution in [1.82, 2.24) is 5.32 Å². The van der Waals surface area contributed by atoms with Crippen molar-refractivity contribution >= 4 is 11.7 Å². The van der Waals surface area contributed by atoms with E-state index >= 15 is 0 Å². The summed E-state index contributed by atoms with van der Waals surface area (Å²) in [6.07, 6.45) is 0.595. The normalized spacial score (nSPS) is 11.3. The highest BCUT2D eigenvalue weighted by Crippen LogP contribution is 2.09. The van der Waals surface area contributed by atoms with Crippen LogP contribution in [0.3, 0.4) is 0 Å². The number of hydrogen-bond acceptors (Lipinski definition) is 2. The number of carbonyl (C=O) groups excluding carboxylic acids is 1. The van der Waals surface area contributed by atoms with Gasteiger partial charge in [-0.3, -0.25) is 0 Å². The predicted octanol–water partition coefficient (Wildman–Crippen LogP) is 2.42. The third-order valence-electron chi connectivity index (χ3n) is 2.15. The van der Waals surface area contributed by atoms with Crippen LogP contribution in [0.5, 0.6) is 0 Å². The molecule has 84 valence electrons. The molecule has 2 N–H and O–H groups in total. The van der Waals surface area contributed by atoms with Crippen LogP contribution < -0.4 is 10.6 Å². The first-order valence-electron chi connectivity index (χ1n) is 5.19. The fourth-order valence-corrected chi connectivity index (χ4v) is 1.27. The highest BCUT2D eigenvalue weighted by Gasteiger charge is 2.08. The van der Waals surface area contributed by atoms with Gasteiger partial charge in [-0.05, 0) is 31.0 Å². The van der Waals surface area contributed by atoms with Gasteiger partial charge < -0.3 is 10.6 Å². The SMILES string of the molecule is CCC(C#N)NC(=O)Nc1cccc(C)c1. The first-order valence-corrected chi connectivity index (χ1v) is 5.19. The zero-order valence-corrected chi connectivity index (χ0v) is 9.45. The fourth-order valence-electron chi connectivity index (χ4n) is 1.27. The standard InChI is InChI=1S/C12H15N3O/c1-3-10(8-13)14-12(16)15-11-6-4-5-9(2)7-11/h4-7,10H,3H2,1-2H3,(H2,14,15,16). The van der Waals surface area contributed by atoms with Gasteiger partial charge >= 0.3 is 6.03 Å². The highest BCUT2D eigenvalue weighted by atomic mass is 16.2. The molecule has 0 fully saturated rings. The lowest BCUT2D eigenvalue weighted by Gasteiger charge is -2.10.